The summed E-state index contributed by atoms with van der Waals surface area (Å²) in [5, 5.41) is 15.1. The zero-order chi connectivity index (χ0) is 19.6. The number of nitrogens with zero attached hydrogens (tertiary/aromatic N) is 6. The maximum Gasteiger partial charge on any atom is 0.271 e. The van der Waals surface area contributed by atoms with Crippen LogP contribution in [0.15, 0.2) is 29.3 Å². The molecule has 0 atom stereocenters. The molecular formula is C18H21N7O2. The fraction of sp³-hybridized carbons (Fsp3) is 0.333. The van der Waals surface area contributed by atoms with Crippen LogP contribution in [0.5, 0.6) is 0 Å². The summed E-state index contributed by atoms with van der Waals surface area (Å²) in [6.45, 7) is 7.96. The van der Waals surface area contributed by atoms with E-state index in [2.05, 4.69) is 25.6 Å². The van der Waals surface area contributed by atoms with Gasteiger partial charge < -0.3 is 5.32 Å². The molecule has 9 nitrogen and oxygen atoms in total. The predicted molar refractivity (Wildman–Crippen MR) is 98.9 cm³/mol. The van der Waals surface area contributed by atoms with Crippen LogP contribution < -0.4 is 10.9 Å². The molecule has 0 unspecified atom stereocenters. The van der Waals surface area contributed by atoms with Crippen molar-refractivity contribution in [2.45, 2.75) is 34.2 Å². The van der Waals surface area contributed by atoms with E-state index < -0.39 is 0 Å². The average molecular weight is 367 g/mol. The van der Waals surface area contributed by atoms with Crippen LogP contribution in [0.1, 0.15) is 33.1 Å². The van der Waals surface area contributed by atoms with Gasteiger partial charge in [0.05, 0.1) is 12.0 Å². The molecule has 0 fully saturated rings. The molecule has 1 amide bonds. The maximum atomic E-state index is 12.2. The van der Waals surface area contributed by atoms with Crippen molar-refractivity contribution in [3.8, 4) is 5.82 Å². The van der Waals surface area contributed by atoms with Crippen LogP contribution >= 0.6 is 0 Å². The molecule has 0 aliphatic heterocycles. The van der Waals surface area contributed by atoms with Crippen molar-refractivity contribution in [2.75, 3.05) is 6.54 Å². The summed E-state index contributed by atoms with van der Waals surface area (Å²) >= 11 is 0. The SMILES string of the molecule is Cc1cc(C)n(-c2ccc(C(=O)NCCn3cnc(C)c(C)c3=O)nn2)n1. The molecule has 1 N–H and O–H groups in total. The number of amides is 1. The second-order valence-electron chi connectivity index (χ2n) is 6.33. The number of hydrogen-bond acceptors (Lipinski definition) is 6. The minimum absolute atomic E-state index is 0.106. The van der Waals surface area contributed by atoms with Crippen LogP contribution in [0, 0.1) is 27.7 Å². The van der Waals surface area contributed by atoms with Crippen molar-refractivity contribution in [1.82, 2.24) is 34.8 Å². The summed E-state index contributed by atoms with van der Waals surface area (Å²) in [5.41, 5.74) is 3.22. The Morgan fingerprint density at radius 1 is 1.15 bits per heavy atom. The first-order valence-corrected chi connectivity index (χ1v) is 8.55. The average Bonchev–Trinajstić information content (AvgIpc) is 3.00. The number of hydrogen-bond donors (Lipinski definition) is 1. The van der Waals surface area contributed by atoms with Crippen molar-refractivity contribution < 1.29 is 4.79 Å². The highest BCUT2D eigenvalue weighted by Crippen LogP contribution is 2.08. The predicted octanol–water partition coefficient (Wildman–Crippen LogP) is 0.883. The molecule has 0 spiro atoms. The van der Waals surface area contributed by atoms with Gasteiger partial charge in [0.1, 0.15) is 0 Å². The van der Waals surface area contributed by atoms with E-state index in [1.165, 1.54) is 10.9 Å². The lowest BCUT2D eigenvalue weighted by atomic mass is 10.3. The minimum Gasteiger partial charge on any atom is -0.349 e. The fourth-order valence-corrected chi connectivity index (χ4v) is 2.64. The van der Waals surface area contributed by atoms with Crippen LogP contribution in [-0.2, 0) is 6.54 Å². The van der Waals surface area contributed by atoms with Crippen molar-refractivity contribution in [3.05, 3.63) is 63.2 Å². The van der Waals surface area contributed by atoms with E-state index in [0.29, 0.717) is 23.6 Å². The summed E-state index contributed by atoms with van der Waals surface area (Å²) in [7, 11) is 0. The number of carbonyl (C=O) groups excluding carboxylic acids is 1. The third-order valence-electron chi connectivity index (χ3n) is 4.26. The van der Waals surface area contributed by atoms with Gasteiger partial charge in [-0.2, -0.15) is 5.10 Å². The van der Waals surface area contributed by atoms with Gasteiger partial charge in [-0.3, -0.25) is 14.2 Å². The zero-order valence-electron chi connectivity index (χ0n) is 15.7. The molecule has 0 saturated heterocycles. The van der Waals surface area contributed by atoms with Crippen molar-refractivity contribution in [3.63, 3.8) is 0 Å². The van der Waals surface area contributed by atoms with E-state index in [1.807, 2.05) is 19.9 Å². The first-order valence-electron chi connectivity index (χ1n) is 8.55. The van der Waals surface area contributed by atoms with E-state index in [1.54, 1.807) is 30.7 Å². The Kier molecular flexibility index (Phi) is 5.11. The van der Waals surface area contributed by atoms with Crippen LogP contribution in [0.25, 0.3) is 5.82 Å². The topological polar surface area (TPSA) is 108 Å². The third-order valence-corrected chi connectivity index (χ3v) is 4.26. The van der Waals surface area contributed by atoms with E-state index in [0.717, 1.165) is 11.4 Å². The summed E-state index contributed by atoms with van der Waals surface area (Å²) in [5.74, 6) is 0.192. The lowest BCUT2D eigenvalue weighted by molar-refractivity contribution is 0.0946. The molecule has 140 valence electrons. The second-order valence-corrected chi connectivity index (χ2v) is 6.33. The van der Waals surface area contributed by atoms with Gasteiger partial charge in [0.15, 0.2) is 11.5 Å². The summed E-state index contributed by atoms with van der Waals surface area (Å²) < 4.78 is 3.14. The smallest absolute Gasteiger partial charge is 0.271 e. The lowest BCUT2D eigenvalue weighted by Crippen LogP contribution is -2.32. The van der Waals surface area contributed by atoms with Gasteiger partial charge in [-0.05, 0) is 45.9 Å². The molecule has 3 heterocycles. The molecule has 0 radical (unpaired) electrons. The zero-order valence-corrected chi connectivity index (χ0v) is 15.7. The number of carbonyl (C=O) groups is 1. The molecule has 0 bridgehead atoms. The Labute approximate surface area is 156 Å². The van der Waals surface area contributed by atoms with Crippen LogP contribution in [0.4, 0.5) is 0 Å². The van der Waals surface area contributed by atoms with Gasteiger partial charge in [0.2, 0.25) is 0 Å². The molecular weight excluding hydrogens is 346 g/mol. The Morgan fingerprint density at radius 2 is 1.93 bits per heavy atom. The Balaban J connectivity index is 1.63. The molecule has 0 aliphatic rings. The van der Waals surface area contributed by atoms with Gasteiger partial charge in [-0.25, -0.2) is 9.67 Å². The number of aromatic nitrogens is 6. The quantitative estimate of drug-likeness (QED) is 0.717. The normalized spacial score (nSPS) is 10.8. The standard InChI is InChI=1S/C18H21N7O2/c1-11-9-12(2)25(23-11)16-6-5-15(21-22-16)17(26)19-7-8-24-10-20-14(4)13(3)18(24)27/h5-6,9-10H,7-8H2,1-4H3,(H,19,26). The summed E-state index contributed by atoms with van der Waals surface area (Å²) in [6.07, 6.45) is 1.49. The molecule has 9 heteroatoms. The molecule has 0 aromatic carbocycles. The van der Waals surface area contributed by atoms with Crippen LogP contribution in [-0.4, -0.2) is 42.0 Å². The van der Waals surface area contributed by atoms with Crippen molar-refractivity contribution in [1.29, 1.82) is 0 Å². The highest BCUT2D eigenvalue weighted by atomic mass is 16.2. The van der Waals surface area contributed by atoms with Gasteiger partial charge in [-0.15, -0.1) is 10.2 Å². The minimum atomic E-state index is -0.354. The first kappa shape index (κ1) is 18.4. The first-order chi connectivity index (χ1) is 12.9. The monoisotopic (exact) mass is 367 g/mol. The molecule has 3 rings (SSSR count). The molecule has 3 aromatic heterocycles. The van der Waals surface area contributed by atoms with Gasteiger partial charge in [-0.1, -0.05) is 0 Å². The Morgan fingerprint density at radius 3 is 2.56 bits per heavy atom. The maximum absolute atomic E-state index is 12.2. The molecule has 0 aliphatic carbocycles. The Hall–Kier alpha value is -3.36. The number of nitrogens with one attached hydrogen (secondary N) is 1. The van der Waals surface area contributed by atoms with E-state index in [-0.39, 0.29) is 23.7 Å². The van der Waals surface area contributed by atoms with Crippen LogP contribution in [0.3, 0.4) is 0 Å². The number of rotatable bonds is 5. The van der Waals surface area contributed by atoms with Gasteiger partial charge >= 0.3 is 0 Å². The lowest BCUT2D eigenvalue weighted by Gasteiger charge is -2.09. The number of aryl methyl sites for hydroxylation is 3. The largest absolute Gasteiger partial charge is 0.349 e. The van der Waals surface area contributed by atoms with Crippen LogP contribution in [0.2, 0.25) is 0 Å². The second kappa shape index (κ2) is 7.48. The van der Waals surface area contributed by atoms with E-state index >= 15 is 0 Å². The fourth-order valence-electron chi connectivity index (χ4n) is 2.64. The summed E-state index contributed by atoms with van der Waals surface area (Å²) in [4.78, 5) is 28.5. The van der Waals surface area contributed by atoms with Crippen molar-refractivity contribution in [2.24, 2.45) is 0 Å². The Bertz CT molecular complexity index is 1030. The van der Waals surface area contributed by atoms with E-state index in [4.69, 9.17) is 0 Å². The molecule has 27 heavy (non-hydrogen) atoms. The highest BCUT2D eigenvalue weighted by Gasteiger charge is 2.11. The van der Waals surface area contributed by atoms with Gasteiger partial charge in [0.25, 0.3) is 11.5 Å². The molecule has 3 aromatic rings. The molecule has 0 saturated carbocycles. The highest BCUT2D eigenvalue weighted by molar-refractivity contribution is 5.92. The summed E-state index contributed by atoms with van der Waals surface area (Å²) in [6, 6.07) is 5.23. The third kappa shape index (κ3) is 3.91. The van der Waals surface area contributed by atoms with Gasteiger partial charge in [0, 0.05) is 30.0 Å². The van der Waals surface area contributed by atoms with E-state index in [9.17, 15) is 9.59 Å². The van der Waals surface area contributed by atoms with Crippen molar-refractivity contribution >= 4 is 5.91 Å².